The first-order valence-corrected chi connectivity index (χ1v) is 10.2. The molecule has 0 atom stereocenters. The molecule has 2 N–H and O–H groups in total. The zero-order chi connectivity index (χ0) is 20.5. The van der Waals surface area contributed by atoms with Gasteiger partial charge < -0.3 is 10.6 Å². The van der Waals surface area contributed by atoms with Crippen LogP contribution in [0.15, 0.2) is 53.8 Å². The number of benzene rings is 1. The van der Waals surface area contributed by atoms with Gasteiger partial charge in [-0.3, -0.25) is 9.36 Å². The number of hydrogen-bond donors (Lipinski definition) is 2. The van der Waals surface area contributed by atoms with Crippen molar-refractivity contribution in [3.63, 3.8) is 0 Å². The third-order valence-electron chi connectivity index (χ3n) is 4.86. The Labute approximate surface area is 172 Å². The first-order valence-electron chi connectivity index (χ1n) is 10.2. The van der Waals surface area contributed by atoms with Crippen molar-refractivity contribution >= 4 is 5.96 Å². The molecule has 0 aliphatic heterocycles. The van der Waals surface area contributed by atoms with E-state index in [4.69, 9.17) is 10.1 Å². The summed E-state index contributed by atoms with van der Waals surface area (Å²) >= 11 is 0. The maximum Gasteiger partial charge on any atom is 0.191 e. The molecule has 0 amide bonds. The molecule has 0 aliphatic carbocycles. The largest absolute Gasteiger partial charge is 0.357 e. The zero-order valence-corrected chi connectivity index (χ0v) is 17.6. The van der Waals surface area contributed by atoms with Gasteiger partial charge in [-0.25, -0.2) is 4.99 Å². The summed E-state index contributed by atoms with van der Waals surface area (Å²) in [5.41, 5.74) is 4.65. The van der Waals surface area contributed by atoms with E-state index in [0.717, 1.165) is 44.3 Å². The lowest BCUT2D eigenvalue weighted by Crippen LogP contribution is -2.38. The molecule has 0 unspecified atom stereocenters. The Hall–Kier alpha value is -3.09. The zero-order valence-electron chi connectivity index (χ0n) is 17.6. The average Bonchev–Trinajstić information content (AvgIpc) is 3.33. The smallest absolute Gasteiger partial charge is 0.191 e. The van der Waals surface area contributed by atoms with Crippen LogP contribution in [0.25, 0.3) is 0 Å². The second-order valence-electron chi connectivity index (χ2n) is 7.04. The lowest BCUT2D eigenvalue weighted by molar-refractivity contribution is 0.570. The standard InChI is InChI=1S/C22H31N7/c1-4-23-22(24-12-8-14-28-15-9-13-26-28)25-16-21-18(2)27-29(19(21)3)17-20-10-6-5-7-11-20/h5-7,9-11,13,15H,4,8,12,14,16-17H2,1-3H3,(H2,23,24,25). The van der Waals surface area contributed by atoms with Gasteiger partial charge >= 0.3 is 0 Å². The fourth-order valence-corrected chi connectivity index (χ4v) is 3.25. The van der Waals surface area contributed by atoms with Crippen LogP contribution in [0.3, 0.4) is 0 Å². The summed E-state index contributed by atoms with van der Waals surface area (Å²) < 4.78 is 4.01. The molecule has 7 nitrogen and oxygen atoms in total. The molecule has 154 valence electrons. The molecule has 0 spiro atoms. The van der Waals surface area contributed by atoms with Gasteiger partial charge in [0.2, 0.25) is 0 Å². The predicted molar refractivity (Wildman–Crippen MR) is 117 cm³/mol. The van der Waals surface area contributed by atoms with Crippen molar-refractivity contribution in [2.75, 3.05) is 13.1 Å². The summed E-state index contributed by atoms with van der Waals surface area (Å²) in [6.07, 6.45) is 4.78. The highest BCUT2D eigenvalue weighted by molar-refractivity contribution is 5.79. The average molecular weight is 394 g/mol. The van der Waals surface area contributed by atoms with Crippen LogP contribution in [-0.2, 0) is 19.6 Å². The molecule has 7 heteroatoms. The van der Waals surface area contributed by atoms with Crippen molar-refractivity contribution in [2.45, 2.75) is 46.8 Å². The second-order valence-corrected chi connectivity index (χ2v) is 7.04. The van der Waals surface area contributed by atoms with Crippen molar-refractivity contribution < 1.29 is 0 Å². The Balaban J connectivity index is 1.59. The van der Waals surface area contributed by atoms with E-state index < -0.39 is 0 Å². The molecule has 0 saturated carbocycles. The summed E-state index contributed by atoms with van der Waals surface area (Å²) in [6.45, 7) is 10.2. The van der Waals surface area contributed by atoms with Gasteiger partial charge in [-0.05, 0) is 38.8 Å². The van der Waals surface area contributed by atoms with E-state index in [1.165, 1.54) is 16.8 Å². The topological polar surface area (TPSA) is 72.1 Å². The Morgan fingerprint density at radius 2 is 1.93 bits per heavy atom. The highest BCUT2D eigenvalue weighted by Gasteiger charge is 2.11. The van der Waals surface area contributed by atoms with Gasteiger partial charge in [-0.2, -0.15) is 10.2 Å². The van der Waals surface area contributed by atoms with E-state index in [-0.39, 0.29) is 0 Å². The van der Waals surface area contributed by atoms with Gasteiger partial charge in [0.1, 0.15) is 0 Å². The maximum absolute atomic E-state index is 4.78. The van der Waals surface area contributed by atoms with E-state index in [0.29, 0.717) is 6.54 Å². The summed E-state index contributed by atoms with van der Waals surface area (Å²) in [4.78, 5) is 4.78. The quantitative estimate of drug-likeness (QED) is 0.333. The molecule has 0 aliphatic rings. The van der Waals surface area contributed by atoms with Gasteiger partial charge in [0.05, 0.1) is 18.8 Å². The minimum Gasteiger partial charge on any atom is -0.357 e. The van der Waals surface area contributed by atoms with Crippen molar-refractivity contribution in [3.8, 4) is 0 Å². The van der Waals surface area contributed by atoms with E-state index in [1.807, 2.05) is 29.2 Å². The monoisotopic (exact) mass is 393 g/mol. The molecule has 2 aromatic heterocycles. The maximum atomic E-state index is 4.78. The number of guanidine groups is 1. The molecular weight excluding hydrogens is 362 g/mol. The molecule has 2 heterocycles. The number of rotatable bonds is 9. The number of hydrogen-bond acceptors (Lipinski definition) is 3. The van der Waals surface area contributed by atoms with E-state index in [2.05, 4.69) is 65.5 Å². The van der Waals surface area contributed by atoms with Crippen LogP contribution in [-0.4, -0.2) is 38.6 Å². The Kier molecular flexibility index (Phi) is 7.44. The van der Waals surface area contributed by atoms with Crippen LogP contribution in [0, 0.1) is 13.8 Å². The lowest BCUT2D eigenvalue weighted by Gasteiger charge is -2.11. The van der Waals surface area contributed by atoms with Crippen molar-refractivity contribution in [1.29, 1.82) is 0 Å². The van der Waals surface area contributed by atoms with Crippen LogP contribution in [0.4, 0.5) is 0 Å². The summed E-state index contributed by atoms with van der Waals surface area (Å²) in [5.74, 6) is 0.836. The fourth-order valence-electron chi connectivity index (χ4n) is 3.25. The summed E-state index contributed by atoms with van der Waals surface area (Å²) in [5, 5.41) is 15.7. The Morgan fingerprint density at radius 1 is 1.10 bits per heavy atom. The first kappa shape index (κ1) is 20.6. The van der Waals surface area contributed by atoms with E-state index >= 15 is 0 Å². The first-order chi connectivity index (χ1) is 14.2. The SMILES string of the molecule is CCNC(=NCc1c(C)nn(Cc2ccccc2)c1C)NCCCn1cccn1. The molecule has 0 radical (unpaired) electrons. The lowest BCUT2D eigenvalue weighted by atomic mass is 10.2. The highest BCUT2D eigenvalue weighted by Crippen LogP contribution is 2.16. The number of nitrogens with one attached hydrogen (secondary N) is 2. The van der Waals surface area contributed by atoms with Gasteiger partial charge in [-0.1, -0.05) is 30.3 Å². The summed E-state index contributed by atoms with van der Waals surface area (Å²) in [6, 6.07) is 12.4. The minimum atomic E-state index is 0.612. The third kappa shape index (κ3) is 5.94. The second kappa shape index (κ2) is 10.5. The number of aliphatic imine (C=N–C) groups is 1. The minimum absolute atomic E-state index is 0.612. The molecule has 0 bridgehead atoms. The van der Waals surface area contributed by atoms with Crippen molar-refractivity contribution in [1.82, 2.24) is 30.2 Å². The molecular formula is C22H31N7. The fraction of sp³-hybridized carbons (Fsp3) is 0.409. The van der Waals surface area contributed by atoms with Gasteiger partial charge in [0, 0.05) is 43.3 Å². The molecule has 1 aromatic carbocycles. The van der Waals surface area contributed by atoms with Crippen molar-refractivity contribution in [3.05, 3.63) is 71.3 Å². The van der Waals surface area contributed by atoms with E-state index in [1.54, 1.807) is 0 Å². The Bertz CT molecular complexity index is 895. The van der Waals surface area contributed by atoms with Crippen molar-refractivity contribution in [2.24, 2.45) is 4.99 Å². The van der Waals surface area contributed by atoms with Gasteiger partial charge in [0.25, 0.3) is 0 Å². The normalized spacial score (nSPS) is 11.6. The summed E-state index contributed by atoms with van der Waals surface area (Å²) in [7, 11) is 0. The highest BCUT2D eigenvalue weighted by atomic mass is 15.3. The third-order valence-corrected chi connectivity index (χ3v) is 4.86. The molecule has 3 aromatic rings. The number of aromatic nitrogens is 4. The number of nitrogens with zero attached hydrogens (tertiary/aromatic N) is 5. The van der Waals surface area contributed by atoms with Crippen LogP contribution in [0.5, 0.6) is 0 Å². The van der Waals surface area contributed by atoms with Crippen LogP contribution >= 0.6 is 0 Å². The van der Waals surface area contributed by atoms with E-state index in [9.17, 15) is 0 Å². The van der Waals surface area contributed by atoms with Crippen LogP contribution in [0.1, 0.15) is 35.9 Å². The number of aryl methyl sites for hydroxylation is 2. The molecule has 0 saturated heterocycles. The van der Waals surface area contributed by atoms with Gasteiger partial charge in [-0.15, -0.1) is 0 Å². The molecule has 0 fully saturated rings. The van der Waals surface area contributed by atoms with Crippen LogP contribution in [0.2, 0.25) is 0 Å². The molecule has 29 heavy (non-hydrogen) atoms. The predicted octanol–water partition coefficient (Wildman–Crippen LogP) is 2.89. The molecule has 3 rings (SSSR count). The van der Waals surface area contributed by atoms with Gasteiger partial charge in [0.15, 0.2) is 5.96 Å². The Morgan fingerprint density at radius 3 is 2.66 bits per heavy atom. The van der Waals surface area contributed by atoms with Crippen LogP contribution < -0.4 is 10.6 Å².